The van der Waals surface area contributed by atoms with Crippen molar-refractivity contribution in [3.05, 3.63) is 0 Å². The van der Waals surface area contributed by atoms with Crippen molar-refractivity contribution in [3.8, 4) is 0 Å². The van der Waals surface area contributed by atoms with E-state index >= 15 is 0 Å². The molecule has 1 saturated heterocycles. The van der Waals surface area contributed by atoms with Crippen molar-refractivity contribution in [2.24, 2.45) is 5.92 Å². The van der Waals surface area contributed by atoms with Gasteiger partial charge in [-0.3, -0.25) is 9.47 Å². The minimum atomic E-state index is -1.61. The first kappa shape index (κ1) is 18.9. The fourth-order valence-electron chi connectivity index (χ4n) is 4.37. The Hall–Kier alpha value is -0.433. The molecular formula is C17H34N2O3Si. The van der Waals surface area contributed by atoms with E-state index in [4.69, 9.17) is 9.47 Å². The summed E-state index contributed by atoms with van der Waals surface area (Å²) in [6.45, 7) is 9.02. The van der Waals surface area contributed by atoms with Crippen LogP contribution in [0.25, 0.3) is 0 Å². The first-order valence-corrected chi connectivity index (χ1v) is 12.5. The highest BCUT2D eigenvalue weighted by Gasteiger charge is 2.45. The number of ether oxygens (including phenoxy) is 2. The molecule has 1 saturated carbocycles. The zero-order valence-electron chi connectivity index (χ0n) is 15.5. The zero-order valence-corrected chi connectivity index (χ0v) is 16.5. The Bertz CT molecular complexity index is 400. The Morgan fingerprint density at radius 2 is 1.83 bits per heavy atom. The van der Waals surface area contributed by atoms with E-state index in [2.05, 4.69) is 29.3 Å². The molecule has 0 aromatic carbocycles. The van der Waals surface area contributed by atoms with Gasteiger partial charge in [0.25, 0.3) is 0 Å². The zero-order chi connectivity index (χ0) is 17.0. The van der Waals surface area contributed by atoms with Crippen LogP contribution in [-0.2, 0) is 14.3 Å². The van der Waals surface area contributed by atoms with E-state index in [-0.39, 0.29) is 11.9 Å². The number of esters is 1. The van der Waals surface area contributed by atoms with Crippen LogP contribution in [0.4, 0.5) is 0 Å². The average molecular weight is 343 g/mol. The van der Waals surface area contributed by atoms with Gasteiger partial charge in [-0.25, -0.2) is 5.01 Å². The molecule has 0 radical (unpaired) electrons. The topological polar surface area (TPSA) is 42.0 Å². The van der Waals surface area contributed by atoms with Gasteiger partial charge in [0, 0.05) is 25.7 Å². The van der Waals surface area contributed by atoms with Crippen LogP contribution in [0.15, 0.2) is 0 Å². The number of hydrazine groups is 1. The van der Waals surface area contributed by atoms with E-state index in [9.17, 15) is 4.79 Å². The molecule has 2 rings (SSSR count). The van der Waals surface area contributed by atoms with Crippen molar-refractivity contribution in [2.75, 3.05) is 27.4 Å². The molecule has 1 aliphatic heterocycles. The van der Waals surface area contributed by atoms with Gasteiger partial charge >= 0.3 is 5.97 Å². The number of methoxy groups -OCH3 is 2. The Balaban J connectivity index is 2.28. The maximum atomic E-state index is 12.4. The second-order valence-electron chi connectivity index (χ2n) is 7.91. The van der Waals surface area contributed by atoms with Crippen molar-refractivity contribution < 1.29 is 14.3 Å². The summed E-state index contributed by atoms with van der Waals surface area (Å²) in [7, 11) is 1.69. The highest BCUT2D eigenvalue weighted by Crippen LogP contribution is 2.36. The third kappa shape index (κ3) is 4.35. The molecule has 1 heterocycles. The number of carbonyl (C=O) groups excluding carboxylic acids is 1. The fraction of sp³-hybridized carbons (Fsp3) is 0.941. The molecule has 0 amide bonds. The highest BCUT2D eigenvalue weighted by atomic mass is 28.3. The summed E-state index contributed by atoms with van der Waals surface area (Å²) in [5.41, 5.74) is 0. The molecule has 2 aliphatic rings. The molecule has 3 atom stereocenters. The summed E-state index contributed by atoms with van der Waals surface area (Å²) >= 11 is 0. The molecule has 2 fully saturated rings. The van der Waals surface area contributed by atoms with Crippen molar-refractivity contribution in [2.45, 2.75) is 70.2 Å². The molecule has 6 heteroatoms. The van der Waals surface area contributed by atoms with Gasteiger partial charge in [0.05, 0.1) is 19.6 Å². The minimum absolute atomic E-state index is 0.0178. The van der Waals surface area contributed by atoms with Crippen LogP contribution in [0, 0.1) is 5.92 Å². The van der Waals surface area contributed by atoms with Crippen molar-refractivity contribution in [3.63, 3.8) is 0 Å². The van der Waals surface area contributed by atoms with Gasteiger partial charge in [0.15, 0.2) is 0 Å². The predicted octanol–water partition coefficient (Wildman–Crippen LogP) is 2.88. The van der Waals surface area contributed by atoms with E-state index in [0.29, 0.717) is 12.1 Å². The SMILES string of the molecule is COC[C@@H]1CCCN1N([C@H]1CCCC[C@@H]1C(=O)OC)[Si](C)(C)C. The van der Waals surface area contributed by atoms with E-state index < -0.39 is 8.24 Å². The van der Waals surface area contributed by atoms with Crippen molar-refractivity contribution in [1.82, 2.24) is 9.68 Å². The largest absolute Gasteiger partial charge is 0.469 e. The summed E-state index contributed by atoms with van der Waals surface area (Å²) < 4.78 is 13.2. The lowest BCUT2D eigenvalue weighted by Gasteiger charge is -2.51. The Morgan fingerprint density at radius 1 is 1.13 bits per heavy atom. The molecular weight excluding hydrogens is 308 g/mol. The number of hydrogen-bond acceptors (Lipinski definition) is 5. The van der Waals surface area contributed by atoms with Crippen LogP contribution in [0.5, 0.6) is 0 Å². The van der Waals surface area contributed by atoms with Gasteiger partial charge in [-0.05, 0) is 25.7 Å². The second kappa shape index (κ2) is 8.10. The first-order valence-electron chi connectivity index (χ1n) is 9.02. The molecule has 0 bridgehead atoms. The number of carbonyl (C=O) groups is 1. The van der Waals surface area contributed by atoms with Gasteiger partial charge < -0.3 is 9.47 Å². The molecule has 23 heavy (non-hydrogen) atoms. The molecule has 1 aliphatic carbocycles. The Labute approximate surface area is 142 Å². The number of nitrogens with zero attached hydrogens (tertiary/aromatic N) is 2. The first-order chi connectivity index (χ1) is 10.9. The fourth-order valence-corrected chi connectivity index (χ4v) is 6.71. The number of hydrogen-bond donors (Lipinski definition) is 0. The molecule has 0 aromatic heterocycles. The van der Waals surface area contributed by atoms with Crippen LogP contribution >= 0.6 is 0 Å². The maximum absolute atomic E-state index is 12.4. The minimum Gasteiger partial charge on any atom is -0.469 e. The summed E-state index contributed by atoms with van der Waals surface area (Å²) in [6, 6.07) is 0.743. The average Bonchev–Trinajstić information content (AvgIpc) is 2.94. The van der Waals surface area contributed by atoms with E-state index in [1.54, 1.807) is 7.11 Å². The molecule has 0 spiro atoms. The maximum Gasteiger partial charge on any atom is 0.310 e. The summed E-state index contributed by atoms with van der Waals surface area (Å²) in [4.78, 5) is 12.4. The normalized spacial score (nSPS) is 29.9. The van der Waals surface area contributed by atoms with Gasteiger partial charge in [0.1, 0.15) is 8.24 Å². The summed E-state index contributed by atoms with van der Waals surface area (Å²) in [5, 5.41) is 2.54. The van der Waals surface area contributed by atoms with E-state index in [1.807, 2.05) is 0 Å². The van der Waals surface area contributed by atoms with Gasteiger partial charge in [-0.2, -0.15) is 0 Å². The molecule has 5 nitrogen and oxygen atoms in total. The molecule has 134 valence electrons. The van der Waals surface area contributed by atoms with E-state index in [0.717, 1.165) is 32.4 Å². The molecule has 0 aromatic rings. The van der Waals surface area contributed by atoms with Crippen LogP contribution in [0.3, 0.4) is 0 Å². The monoisotopic (exact) mass is 342 g/mol. The van der Waals surface area contributed by atoms with E-state index in [1.165, 1.54) is 26.4 Å². The quantitative estimate of drug-likeness (QED) is 0.548. The lowest BCUT2D eigenvalue weighted by atomic mass is 9.85. The highest BCUT2D eigenvalue weighted by molar-refractivity contribution is 6.73. The predicted molar refractivity (Wildman–Crippen MR) is 94.6 cm³/mol. The smallest absolute Gasteiger partial charge is 0.310 e. The molecule has 0 N–H and O–H groups in total. The van der Waals surface area contributed by atoms with Crippen LogP contribution in [0.2, 0.25) is 19.6 Å². The number of rotatable bonds is 6. The lowest BCUT2D eigenvalue weighted by Crippen LogP contribution is -2.65. The van der Waals surface area contributed by atoms with Crippen LogP contribution < -0.4 is 0 Å². The van der Waals surface area contributed by atoms with Gasteiger partial charge in [0.2, 0.25) is 0 Å². The third-order valence-corrected chi connectivity index (χ3v) is 7.18. The summed E-state index contributed by atoms with van der Waals surface area (Å²) in [5.74, 6) is -0.00953. The lowest BCUT2D eigenvalue weighted by molar-refractivity contribution is -0.152. The van der Waals surface area contributed by atoms with Gasteiger partial charge in [-0.15, -0.1) is 0 Å². The standard InChI is InChI=1S/C17H34N2O3Si/c1-21-13-14-9-8-12-18(14)19(23(3,4)5)16-11-7-6-10-15(16)17(20)22-2/h14-16H,6-13H2,1-5H3/t14-,15-,16-/m0/s1. The Morgan fingerprint density at radius 3 is 2.43 bits per heavy atom. The summed E-state index contributed by atoms with van der Waals surface area (Å²) in [6.07, 6.45) is 6.80. The van der Waals surface area contributed by atoms with Crippen molar-refractivity contribution >= 4 is 14.2 Å². The molecule has 0 unspecified atom stereocenters. The third-order valence-electron chi connectivity index (χ3n) is 5.22. The van der Waals surface area contributed by atoms with Crippen LogP contribution in [-0.4, -0.2) is 63.3 Å². The Kier molecular flexibility index (Phi) is 6.65. The van der Waals surface area contributed by atoms with Gasteiger partial charge in [-0.1, -0.05) is 32.5 Å². The van der Waals surface area contributed by atoms with Crippen molar-refractivity contribution in [1.29, 1.82) is 0 Å². The van der Waals surface area contributed by atoms with Crippen LogP contribution in [0.1, 0.15) is 38.5 Å². The second-order valence-corrected chi connectivity index (χ2v) is 12.7.